The van der Waals surface area contributed by atoms with Gasteiger partial charge in [-0.1, -0.05) is 19.8 Å². The summed E-state index contributed by atoms with van der Waals surface area (Å²) in [7, 11) is 0. The quantitative estimate of drug-likeness (QED) is 0.183. The molecule has 7 heteroatoms. The predicted molar refractivity (Wildman–Crippen MR) is 109 cm³/mol. The maximum absolute atomic E-state index is 12.3. The van der Waals surface area contributed by atoms with Gasteiger partial charge in [-0.15, -0.1) is 21.6 Å². The molecule has 0 N–H and O–H groups in total. The summed E-state index contributed by atoms with van der Waals surface area (Å²) in [5.74, 6) is 0.774. The lowest BCUT2D eigenvalue weighted by atomic mass is 10.2. The van der Waals surface area contributed by atoms with Crippen molar-refractivity contribution in [2.75, 3.05) is 6.61 Å². The van der Waals surface area contributed by atoms with Gasteiger partial charge in [0.25, 0.3) is 0 Å². The number of carbonyl (C=O) groups is 1. The van der Waals surface area contributed by atoms with Crippen molar-refractivity contribution in [3.63, 3.8) is 0 Å². The van der Waals surface area contributed by atoms with Gasteiger partial charge in [0.2, 0.25) is 5.13 Å². The van der Waals surface area contributed by atoms with Crippen LogP contribution in [0.4, 0.5) is 10.8 Å². The molecule has 0 aliphatic carbocycles. The van der Waals surface area contributed by atoms with Crippen molar-refractivity contribution in [3.05, 3.63) is 65.7 Å². The highest BCUT2D eigenvalue weighted by Crippen LogP contribution is 2.23. The molecule has 0 spiro atoms. The van der Waals surface area contributed by atoms with E-state index in [0.717, 1.165) is 25.0 Å². The second-order valence-corrected chi connectivity index (χ2v) is 6.85. The Hall–Kier alpha value is -3.06. The third-order valence-electron chi connectivity index (χ3n) is 3.82. The minimum absolute atomic E-state index is 0.422. The van der Waals surface area contributed by atoms with Crippen molar-refractivity contribution in [1.29, 1.82) is 0 Å². The second kappa shape index (κ2) is 10.3. The van der Waals surface area contributed by atoms with Gasteiger partial charge in [-0.2, -0.15) is 0 Å². The lowest BCUT2D eigenvalue weighted by Crippen LogP contribution is -2.08. The van der Waals surface area contributed by atoms with Crippen LogP contribution in [0.2, 0.25) is 0 Å². The van der Waals surface area contributed by atoms with Gasteiger partial charge in [-0.25, -0.2) is 9.78 Å². The number of carbonyl (C=O) groups excluding carboxylic acids is 1. The van der Waals surface area contributed by atoms with Crippen LogP contribution in [0.5, 0.6) is 11.5 Å². The van der Waals surface area contributed by atoms with E-state index < -0.39 is 5.97 Å². The first-order chi connectivity index (χ1) is 13.7. The van der Waals surface area contributed by atoms with Gasteiger partial charge >= 0.3 is 5.97 Å². The molecule has 1 heterocycles. The fraction of sp³-hybridized carbons (Fsp3) is 0.238. The molecule has 0 fully saturated rings. The Morgan fingerprint density at radius 3 is 2.43 bits per heavy atom. The van der Waals surface area contributed by atoms with Crippen molar-refractivity contribution in [3.8, 4) is 11.5 Å². The van der Waals surface area contributed by atoms with Crippen LogP contribution >= 0.6 is 11.3 Å². The summed E-state index contributed by atoms with van der Waals surface area (Å²) >= 11 is 1.41. The molecule has 0 saturated carbocycles. The van der Waals surface area contributed by atoms with E-state index in [1.54, 1.807) is 54.7 Å². The summed E-state index contributed by atoms with van der Waals surface area (Å²) in [5, 5.41) is 10.5. The van der Waals surface area contributed by atoms with Crippen LogP contribution in [0.3, 0.4) is 0 Å². The van der Waals surface area contributed by atoms with Gasteiger partial charge in [0.15, 0.2) is 0 Å². The molecular formula is C21H21N3O3S. The first-order valence-corrected chi connectivity index (χ1v) is 9.99. The number of esters is 1. The molecule has 3 rings (SSSR count). The number of unbranched alkanes of at least 4 members (excludes halogenated alkanes) is 2. The fourth-order valence-corrected chi connectivity index (χ4v) is 2.80. The van der Waals surface area contributed by atoms with Crippen LogP contribution in [0.1, 0.15) is 36.5 Å². The molecule has 28 heavy (non-hydrogen) atoms. The summed E-state index contributed by atoms with van der Waals surface area (Å²) in [6.45, 7) is 2.84. The van der Waals surface area contributed by atoms with Gasteiger partial charge in [-0.05, 0) is 55.0 Å². The maximum Gasteiger partial charge on any atom is 0.343 e. The van der Waals surface area contributed by atoms with Crippen molar-refractivity contribution in [2.45, 2.75) is 26.2 Å². The largest absolute Gasteiger partial charge is 0.494 e. The minimum Gasteiger partial charge on any atom is -0.494 e. The zero-order valence-electron chi connectivity index (χ0n) is 15.6. The molecule has 0 unspecified atom stereocenters. The molecular weight excluding hydrogens is 374 g/mol. The normalized spacial score (nSPS) is 10.9. The molecule has 144 valence electrons. The van der Waals surface area contributed by atoms with Gasteiger partial charge < -0.3 is 9.47 Å². The molecule has 0 aliphatic rings. The first-order valence-electron chi connectivity index (χ1n) is 9.11. The highest BCUT2D eigenvalue weighted by Gasteiger charge is 2.09. The molecule has 6 nitrogen and oxygen atoms in total. The van der Waals surface area contributed by atoms with E-state index in [4.69, 9.17) is 9.47 Å². The van der Waals surface area contributed by atoms with Crippen LogP contribution in [0.15, 0.2) is 70.3 Å². The van der Waals surface area contributed by atoms with Crippen LogP contribution in [0, 0.1) is 0 Å². The fourth-order valence-electron chi connectivity index (χ4n) is 2.34. The monoisotopic (exact) mass is 395 g/mol. The molecule has 0 bridgehead atoms. The van der Waals surface area contributed by atoms with Crippen LogP contribution in [-0.4, -0.2) is 17.6 Å². The van der Waals surface area contributed by atoms with Crippen molar-refractivity contribution >= 4 is 28.1 Å². The number of hydrogen-bond acceptors (Lipinski definition) is 7. The topological polar surface area (TPSA) is 73.1 Å². The van der Waals surface area contributed by atoms with Crippen LogP contribution in [-0.2, 0) is 0 Å². The van der Waals surface area contributed by atoms with E-state index in [-0.39, 0.29) is 0 Å². The second-order valence-electron chi connectivity index (χ2n) is 5.98. The predicted octanol–water partition coefficient (Wildman–Crippen LogP) is 6.35. The zero-order chi connectivity index (χ0) is 19.6. The molecule has 2 aromatic carbocycles. The highest BCUT2D eigenvalue weighted by atomic mass is 32.1. The van der Waals surface area contributed by atoms with Gasteiger partial charge in [0.1, 0.15) is 11.5 Å². The number of nitrogens with zero attached hydrogens (tertiary/aromatic N) is 3. The van der Waals surface area contributed by atoms with E-state index in [1.165, 1.54) is 11.3 Å². The molecule has 0 amide bonds. The highest BCUT2D eigenvalue weighted by molar-refractivity contribution is 7.13. The van der Waals surface area contributed by atoms with Gasteiger partial charge in [0, 0.05) is 11.6 Å². The summed E-state index contributed by atoms with van der Waals surface area (Å²) in [6.07, 6.45) is 5.01. The molecule has 1 aromatic heterocycles. The number of rotatable bonds is 9. The Kier molecular flexibility index (Phi) is 7.26. The molecule has 3 aromatic rings. The number of hydrogen-bond donors (Lipinski definition) is 0. The van der Waals surface area contributed by atoms with Crippen LogP contribution < -0.4 is 9.47 Å². The van der Waals surface area contributed by atoms with E-state index in [1.807, 2.05) is 5.38 Å². The molecule has 0 aliphatic heterocycles. The summed E-state index contributed by atoms with van der Waals surface area (Å²) < 4.78 is 11.0. The average molecular weight is 395 g/mol. The number of azo groups is 1. The summed E-state index contributed by atoms with van der Waals surface area (Å²) in [4.78, 5) is 16.3. The summed E-state index contributed by atoms with van der Waals surface area (Å²) in [5.41, 5.74) is 1.12. The van der Waals surface area contributed by atoms with E-state index in [0.29, 0.717) is 28.7 Å². The summed E-state index contributed by atoms with van der Waals surface area (Å²) in [6, 6.07) is 13.8. The average Bonchev–Trinajstić information content (AvgIpc) is 3.25. The Morgan fingerprint density at radius 2 is 1.75 bits per heavy atom. The van der Waals surface area contributed by atoms with E-state index >= 15 is 0 Å². The maximum atomic E-state index is 12.3. The number of aromatic nitrogens is 1. The lowest BCUT2D eigenvalue weighted by molar-refractivity contribution is 0.0734. The van der Waals surface area contributed by atoms with Crippen LogP contribution in [0.25, 0.3) is 0 Å². The Bertz CT molecular complexity index is 892. The number of thiazole rings is 1. The first kappa shape index (κ1) is 19.7. The third-order valence-corrected chi connectivity index (χ3v) is 4.48. The molecule has 0 radical (unpaired) electrons. The molecule has 0 saturated heterocycles. The van der Waals surface area contributed by atoms with Crippen molar-refractivity contribution in [2.24, 2.45) is 10.2 Å². The van der Waals surface area contributed by atoms with Gasteiger partial charge in [-0.3, -0.25) is 0 Å². The Morgan fingerprint density at radius 1 is 1.00 bits per heavy atom. The SMILES string of the molecule is CCCCCOc1ccc(C(=O)Oc2ccc(N=Nc3nccs3)cc2)cc1. The Labute approximate surface area is 167 Å². The zero-order valence-corrected chi connectivity index (χ0v) is 16.4. The third kappa shape index (κ3) is 5.99. The Balaban J connectivity index is 1.52. The minimum atomic E-state index is -0.422. The van der Waals surface area contributed by atoms with E-state index in [2.05, 4.69) is 22.1 Å². The van der Waals surface area contributed by atoms with Crippen molar-refractivity contribution < 1.29 is 14.3 Å². The van der Waals surface area contributed by atoms with E-state index in [9.17, 15) is 4.79 Å². The number of benzene rings is 2. The molecule has 0 atom stereocenters. The number of ether oxygens (including phenoxy) is 2. The van der Waals surface area contributed by atoms with Gasteiger partial charge in [0.05, 0.1) is 17.9 Å². The smallest absolute Gasteiger partial charge is 0.343 e. The van der Waals surface area contributed by atoms with Crippen molar-refractivity contribution in [1.82, 2.24) is 4.98 Å². The standard InChI is InChI=1S/C21H21N3O3S/c1-2-3-4-14-26-18-9-5-16(6-10-18)20(25)27-19-11-7-17(8-12-19)23-24-21-22-13-15-28-21/h5-13,15H,2-4,14H2,1H3. The lowest BCUT2D eigenvalue weighted by Gasteiger charge is -2.07.